The zero-order chi connectivity index (χ0) is 13.2. The maximum absolute atomic E-state index is 9.21. The Labute approximate surface area is 112 Å². The number of hydrogen-bond acceptors (Lipinski definition) is 3. The monoisotopic (exact) mass is 249 g/mol. The van der Waals surface area contributed by atoms with Crippen molar-refractivity contribution < 1.29 is 0 Å². The average molecular weight is 249 g/mol. The lowest BCUT2D eigenvalue weighted by atomic mass is 10.1. The van der Waals surface area contributed by atoms with Gasteiger partial charge in [-0.05, 0) is 55.5 Å². The molecule has 0 unspecified atom stereocenters. The molecule has 0 spiro atoms. The first-order valence-electron chi connectivity index (χ1n) is 6.50. The Bertz CT molecular complexity index is 651. The van der Waals surface area contributed by atoms with Gasteiger partial charge in [-0.1, -0.05) is 6.07 Å². The minimum Gasteiger partial charge on any atom is -0.353 e. The van der Waals surface area contributed by atoms with Gasteiger partial charge in [-0.15, -0.1) is 0 Å². The molecule has 3 nitrogen and oxygen atoms in total. The van der Waals surface area contributed by atoms with Crippen LogP contribution >= 0.6 is 0 Å². The van der Waals surface area contributed by atoms with Crippen LogP contribution in [0.2, 0.25) is 0 Å². The molecule has 94 valence electrons. The van der Waals surface area contributed by atoms with Crippen LogP contribution in [0.1, 0.15) is 35.6 Å². The molecule has 0 saturated heterocycles. The van der Waals surface area contributed by atoms with Gasteiger partial charge in [-0.25, -0.2) is 0 Å². The van der Waals surface area contributed by atoms with Crippen LogP contribution in [0.25, 0.3) is 0 Å². The molecular weight excluding hydrogens is 234 g/mol. The number of nitriles is 1. The first-order valence-corrected chi connectivity index (χ1v) is 6.50. The van der Waals surface area contributed by atoms with Gasteiger partial charge < -0.3 is 5.32 Å². The standard InChI is InChI=1S/C16H15N3/c1-11-15(3-2-8-18-11)19-16-9-13(12-4-5-12)6-7-14(16)10-17/h2-3,6-9,12,19H,4-5H2,1H3. The molecule has 1 aromatic carbocycles. The molecule has 19 heavy (non-hydrogen) atoms. The summed E-state index contributed by atoms with van der Waals surface area (Å²) in [5.74, 6) is 0.684. The van der Waals surface area contributed by atoms with E-state index in [4.69, 9.17) is 0 Å². The molecule has 0 radical (unpaired) electrons. The van der Waals surface area contributed by atoms with Crippen LogP contribution in [0.4, 0.5) is 11.4 Å². The Kier molecular flexibility index (Phi) is 2.92. The second kappa shape index (κ2) is 4.74. The highest BCUT2D eigenvalue weighted by atomic mass is 14.9. The van der Waals surface area contributed by atoms with E-state index in [-0.39, 0.29) is 0 Å². The van der Waals surface area contributed by atoms with Crippen molar-refractivity contribution >= 4 is 11.4 Å². The van der Waals surface area contributed by atoms with Crippen molar-refractivity contribution in [3.8, 4) is 6.07 Å². The molecule has 3 heteroatoms. The van der Waals surface area contributed by atoms with E-state index in [0.717, 1.165) is 17.1 Å². The Balaban J connectivity index is 1.97. The summed E-state index contributed by atoms with van der Waals surface area (Å²) in [5, 5.41) is 12.5. The first-order chi connectivity index (χ1) is 9.28. The van der Waals surface area contributed by atoms with Gasteiger partial charge in [0, 0.05) is 6.20 Å². The Morgan fingerprint density at radius 3 is 2.79 bits per heavy atom. The number of pyridine rings is 1. The molecule has 1 aliphatic carbocycles. The van der Waals surface area contributed by atoms with E-state index < -0.39 is 0 Å². The highest BCUT2D eigenvalue weighted by molar-refractivity contribution is 5.68. The third-order valence-corrected chi connectivity index (χ3v) is 3.49. The summed E-state index contributed by atoms with van der Waals surface area (Å²) in [4.78, 5) is 4.26. The van der Waals surface area contributed by atoms with Crippen LogP contribution in [0.5, 0.6) is 0 Å². The van der Waals surface area contributed by atoms with Crippen LogP contribution in [-0.2, 0) is 0 Å². The molecule has 1 aromatic heterocycles. The maximum atomic E-state index is 9.21. The zero-order valence-corrected chi connectivity index (χ0v) is 10.9. The lowest BCUT2D eigenvalue weighted by molar-refractivity contribution is 1.13. The van der Waals surface area contributed by atoms with Gasteiger partial charge in [0.15, 0.2) is 0 Å². The summed E-state index contributed by atoms with van der Waals surface area (Å²) in [6.07, 6.45) is 4.29. The molecule has 3 rings (SSSR count). The fourth-order valence-corrected chi connectivity index (χ4v) is 2.19. The summed E-state index contributed by atoms with van der Waals surface area (Å²) in [6, 6.07) is 12.2. The fourth-order valence-electron chi connectivity index (χ4n) is 2.19. The molecule has 1 saturated carbocycles. The predicted molar refractivity (Wildman–Crippen MR) is 75.4 cm³/mol. The fraction of sp³-hybridized carbons (Fsp3) is 0.250. The number of nitrogens with one attached hydrogen (secondary N) is 1. The molecule has 1 heterocycles. The van der Waals surface area contributed by atoms with Gasteiger partial charge in [0.25, 0.3) is 0 Å². The van der Waals surface area contributed by atoms with Crippen molar-refractivity contribution in [3.63, 3.8) is 0 Å². The number of rotatable bonds is 3. The van der Waals surface area contributed by atoms with E-state index in [2.05, 4.69) is 28.5 Å². The number of aryl methyl sites for hydroxylation is 1. The smallest absolute Gasteiger partial charge is 0.101 e. The predicted octanol–water partition coefficient (Wildman–Crippen LogP) is 3.88. The minimum atomic E-state index is 0.674. The Morgan fingerprint density at radius 1 is 1.26 bits per heavy atom. The summed E-state index contributed by atoms with van der Waals surface area (Å²) < 4.78 is 0. The first kappa shape index (κ1) is 11.7. The van der Waals surface area contributed by atoms with E-state index >= 15 is 0 Å². The van der Waals surface area contributed by atoms with Crippen molar-refractivity contribution in [2.75, 3.05) is 5.32 Å². The van der Waals surface area contributed by atoms with Crippen LogP contribution < -0.4 is 5.32 Å². The topological polar surface area (TPSA) is 48.7 Å². The van der Waals surface area contributed by atoms with E-state index in [9.17, 15) is 5.26 Å². The molecule has 1 N–H and O–H groups in total. The van der Waals surface area contributed by atoms with Crippen molar-refractivity contribution in [2.45, 2.75) is 25.7 Å². The summed E-state index contributed by atoms with van der Waals surface area (Å²) >= 11 is 0. The molecule has 0 amide bonds. The molecule has 0 bridgehead atoms. The van der Waals surface area contributed by atoms with Crippen molar-refractivity contribution in [1.29, 1.82) is 5.26 Å². The number of benzene rings is 1. The lowest BCUT2D eigenvalue weighted by Gasteiger charge is -2.11. The molecular formula is C16H15N3. The summed E-state index contributed by atoms with van der Waals surface area (Å²) in [6.45, 7) is 1.96. The van der Waals surface area contributed by atoms with Crippen molar-refractivity contribution in [1.82, 2.24) is 4.98 Å². The van der Waals surface area contributed by atoms with Crippen molar-refractivity contribution in [2.24, 2.45) is 0 Å². The van der Waals surface area contributed by atoms with Crippen LogP contribution in [0.3, 0.4) is 0 Å². The molecule has 1 fully saturated rings. The van der Waals surface area contributed by atoms with Gasteiger partial charge in [0.2, 0.25) is 0 Å². The second-order valence-electron chi connectivity index (χ2n) is 4.95. The third kappa shape index (κ3) is 2.43. The highest BCUT2D eigenvalue weighted by Gasteiger charge is 2.24. The zero-order valence-electron chi connectivity index (χ0n) is 10.9. The Morgan fingerprint density at radius 2 is 2.11 bits per heavy atom. The summed E-state index contributed by atoms with van der Waals surface area (Å²) in [7, 11) is 0. The largest absolute Gasteiger partial charge is 0.353 e. The molecule has 1 aliphatic rings. The van der Waals surface area contributed by atoms with E-state index in [1.165, 1.54) is 18.4 Å². The van der Waals surface area contributed by atoms with Crippen LogP contribution in [0, 0.1) is 18.3 Å². The van der Waals surface area contributed by atoms with Gasteiger partial charge in [-0.2, -0.15) is 5.26 Å². The maximum Gasteiger partial charge on any atom is 0.101 e. The lowest BCUT2D eigenvalue weighted by Crippen LogP contribution is -1.98. The van der Waals surface area contributed by atoms with Crippen molar-refractivity contribution in [3.05, 3.63) is 53.3 Å². The van der Waals surface area contributed by atoms with Crippen LogP contribution in [-0.4, -0.2) is 4.98 Å². The average Bonchev–Trinajstić information content (AvgIpc) is 3.26. The normalized spacial score (nSPS) is 13.9. The number of anilines is 2. The molecule has 0 aliphatic heterocycles. The Hall–Kier alpha value is -2.34. The van der Waals surface area contributed by atoms with Gasteiger partial charge in [-0.3, -0.25) is 4.98 Å². The molecule has 0 atom stereocenters. The second-order valence-corrected chi connectivity index (χ2v) is 4.95. The minimum absolute atomic E-state index is 0.674. The third-order valence-electron chi connectivity index (χ3n) is 3.49. The van der Waals surface area contributed by atoms with E-state index in [1.807, 2.05) is 25.1 Å². The quantitative estimate of drug-likeness (QED) is 0.897. The number of nitrogens with zero attached hydrogens (tertiary/aromatic N) is 2. The number of hydrogen-bond donors (Lipinski definition) is 1. The van der Waals surface area contributed by atoms with Gasteiger partial charge in [0.1, 0.15) is 6.07 Å². The summed E-state index contributed by atoms with van der Waals surface area (Å²) in [5.41, 5.74) is 4.76. The highest BCUT2D eigenvalue weighted by Crippen LogP contribution is 2.41. The molecule has 2 aromatic rings. The van der Waals surface area contributed by atoms with Crippen LogP contribution in [0.15, 0.2) is 36.5 Å². The van der Waals surface area contributed by atoms with E-state index in [1.54, 1.807) is 6.20 Å². The van der Waals surface area contributed by atoms with E-state index in [0.29, 0.717) is 11.5 Å². The SMILES string of the molecule is Cc1ncccc1Nc1cc(C2CC2)ccc1C#N. The van der Waals surface area contributed by atoms with Gasteiger partial charge >= 0.3 is 0 Å². The number of aromatic nitrogens is 1. The van der Waals surface area contributed by atoms with Gasteiger partial charge in [0.05, 0.1) is 22.6 Å².